The van der Waals surface area contributed by atoms with Gasteiger partial charge in [0.15, 0.2) is 12.6 Å². The minimum Gasteiger partial charge on any atom is -0.435 e. The first kappa shape index (κ1) is 47.6. The molecule has 2 aromatic rings. The predicted octanol–water partition coefficient (Wildman–Crippen LogP) is 14.6. The lowest BCUT2D eigenvalue weighted by Gasteiger charge is -2.38. The second-order valence-corrected chi connectivity index (χ2v) is 17.7. The third-order valence-corrected chi connectivity index (χ3v) is 13.4. The average Bonchev–Trinajstić information content (AvgIpc) is 3.26. The Morgan fingerprint density at radius 2 is 0.763 bits per heavy atom. The van der Waals surface area contributed by atoms with Crippen molar-refractivity contribution in [2.45, 2.75) is 174 Å². The Kier molecular flexibility index (Phi) is 21.7. The Morgan fingerprint density at radius 3 is 1.08 bits per heavy atom. The summed E-state index contributed by atoms with van der Waals surface area (Å²) in [6.07, 6.45) is 27.8. The minimum absolute atomic E-state index is 0.152. The van der Waals surface area contributed by atoms with Gasteiger partial charge in [-0.2, -0.15) is 17.6 Å². The molecule has 0 unspecified atom stereocenters. The zero-order valence-electron chi connectivity index (χ0n) is 36.0. The molecule has 0 bridgehead atoms. The summed E-state index contributed by atoms with van der Waals surface area (Å²) in [6, 6.07) is 13.1. The van der Waals surface area contributed by atoms with Crippen molar-refractivity contribution in [1.29, 1.82) is 0 Å². The second kappa shape index (κ2) is 26.8. The van der Waals surface area contributed by atoms with Crippen LogP contribution in [0.25, 0.3) is 0 Å². The maximum absolute atomic E-state index is 12.3. The van der Waals surface area contributed by atoms with Crippen molar-refractivity contribution in [2.75, 3.05) is 26.4 Å². The summed E-state index contributed by atoms with van der Waals surface area (Å²) >= 11 is 0. The van der Waals surface area contributed by atoms with Gasteiger partial charge < -0.3 is 28.4 Å². The minimum atomic E-state index is -2.81. The topological polar surface area (TPSA) is 55.4 Å². The lowest BCUT2D eigenvalue weighted by molar-refractivity contribution is -0.215. The lowest BCUT2D eigenvalue weighted by Crippen LogP contribution is -2.34. The van der Waals surface area contributed by atoms with Gasteiger partial charge in [0.2, 0.25) is 0 Å². The Bertz CT molecular complexity index is 1350. The molecular formula is C49H74F4O6. The van der Waals surface area contributed by atoms with Crippen LogP contribution in [0.15, 0.2) is 48.5 Å². The van der Waals surface area contributed by atoms with E-state index in [1.54, 1.807) is 24.3 Å². The van der Waals surface area contributed by atoms with Crippen LogP contribution in [-0.2, 0) is 18.9 Å². The van der Waals surface area contributed by atoms with Crippen LogP contribution >= 0.6 is 0 Å². The molecule has 0 amide bonds. The van der Waals surface area contributed by atoms with E-state index >= 15 is 0 Å². The van der Waals surface area contributed by atoms with Crippen LogP contribution < -0.4 is 9.47 Å². The SMILES string of the molecule is CCCCCCCC1CCC(C2COC(c3ccc(OC(F)F)cc3)OC2)CC1.CCCCCCCCC1CCC(C2COC(c3ccc(OC(F)F)cc3)OC2)CC1. The van der Waals surface area contributed by atoms with Crippen LogP contribution in [0.1, 0.15) is 172 Å². The number of hydrogen-bond donors (Lipinski definition) is 0. The van der Waals surface area contributed by atoms with Gasteiger partial charge in [-0.3, -0.25) is 0 Å². The summed E-state index contributed by atoms with van der Waals surface area (Å²) in [4.78, 5) is 0. The zero-order chi connectivity index (χ0) is 41.7. The first-order valence-electron chi connectivity index (χ1n) is 23.4. The Labute approximate surface area is 352 Å². The number of ether oxygens (including phenoxy) is 6. The highest BCUT2D eigenvalue weighted by Gasteiger charge is 2.34. The van der Waals surface area contributed by atoms with E-state index in [1.165, 1.54) is 159 Å². The molecule has 10 heteroatoms. The predicted molar refractivity (Wildman–Crippen MR) is 225 cm³/mol. The summed E-state index contributed by atoms with van der Waals surface area (Å²) in [7, 11) is 0. The van der Waals surface area contributed by atoms with E-state index in [-0.39, 0.29) is 11.5 Å². The molecule has 4 aliphatic rings. The van der Waals surface area contributed by atoms with Crippen molar-refractivity contribution in [3.8, 4) is 11.5 Å². The Hall–Kier alpha value is -2.40. The van der Waals surface area contributed by atoms with E-state index in [4.69, 9.17) is 18.9 Å². The average molecular weight is 835 g/mol. The van der Waals surface area contributed by atoms with E-state index in [1.807, 2.05) is 0 Å². The van der Waals surface area contributed by atoms with Gasteiger partial charge in [0, 0.05) is 23.0 Å². The molecule has 0 N–H and O–H groups in total. The van der Waals surface area contributed by atoms with Crippen LogP contribution in [0.3, 0.4) is 0 Å². The van der Waals surface area contributed by atoms with Gasteiger partial charge >= 0.3 is 13.2 Å². The Morgan fingerprint density at radius 1 is 0.441 bits per heavy atom. The van der Waals surface area contributed by atoms with E-state index < -0.39 is 25.8 Å². The summed E-state index contributed by atoms with van der Waals surface area (Å²) in [5.74, 6) is 4.48. The molecule has 0 atom stereocenters. The molecule has 2 aliphatic carbocycles. The quantitative estimate of drug-likeness (QED) is 0.0922. The van der Waals surface area contributed by atoms with E-state index in [2.05, 4.69) is 23.3 Å². The van der Waals surface area contributed by atoms with Gasteiger partial charge in [-0.25, -0.2) is 0 Å². The number of benzene rings is 2. The zero-order valence-corrected chi connectivity index (χ0v) is 36.0. The number of unbranched alkanes of at least 4 members (excludes halogenated alkanes) is 9. The molecule has 0 radical (unpaired) electrons. The van der Waals surface area contributed by atoms with Crippen molar-refractivity contribution in [3.63, 3.8) is 0 Å². The van der Waals surface area contributed by atoms with Crippen molar-refractivity contribution < 1.29 is 46.0 Å². The molecule has 2 saturated heterocycles. The highest BCUT2D eigenvalue weighted by Crippen LogP contribution is 2.40. The lowest BCUT2D eigenvalue weighted by atomic mass is 9.74. The van der Waals surface area contributed by atoms with E-state index in [9.17, 15) is 17.6 Å². The number of hydrogen-bond acceptors (Lipinski definition) is 6. The fourth-order valence-corrected chi connectivity index (χ4v) is 9.72. The smallest absolute Gasteiger partial charge is 0.387 e. The van der Waals surface area contributed by atoms with Crippen molar-refractivity contribution in [1.82, 2.24) is 0 Å². The Balaban J connectivity index is 0.000000224. The molecule has 4 fully saturated rings. The summed E-state index contributed by atoms with van der Waals surface area (Å²) in [5, 5.41) is 0. The largest absolute Gasteiger partial charge is 0.435 e. The number of halogens is 4. The molecule has 59 heavy (non-hydrogen) atoms. The summed E-state index contributed by atoms with van der Waals surface area (Å²) in [6.45, 7) is 1.79. The van der Waals surface area contributed by atoms with Crippen LogP contribution in [-0.4, -0.2) is 39.7 Å². The highest BCUT2D eigenvalue weighted by molar-refractivity contribution is 5.29. The number of rotatable bonds is 21. The standard InChI is InChI=1S/C25H38F2O3.C24H36F2O3/c1-2-3-4-5-6-7-8-19-9-11-20(12-10-19)22-17-28-24(29-18-22)21-13-15-23(16-14-21)30-25(26)27;1-2-3-4-5-6-7-18-8-10-19(11-9-18)21-16-27-23(28-17-21)20-12-14-22(15-13-20)29-24(25)26/h13-16,19-20,22,24-25H,2-12,17-18H2,1H3;12-15,18-19,21,23-24H,2-11,16-17H2,1H3. The normalized spacial score (nSPS) is 27.6. The van der Waals surface area contributed by atoms with Gasteiger partial charge in [0.25, 0.3) is 0 Å². The first-order chi connectivity index (χ1) is 28.8. The van der Waals surface area contributed by atoms with Gasteiger partial charge in [-0.15, -0.1) is 0 Å². The van der Waals surface area contributed by atoms with Crippen molar-refractivity contribution in [3.05, 3.63) is 59.7 Å². The second-order valence-electron chi connectivity index (χ2n) is 17.7. The van der Waals surface area contributed by atoms with E-state index in [0.29, 0.717) is 50.1 Å². The fraction of sp³-hybridized carbons (Fsp3) is 0.755. The maximum atomic E-state index is 12.3. The molecule has 334 valence electrons. The van der Waals surface area contributed by atoms with Gasteiger partial charge in [0.1, 0.15) is 11.5 Å². The molecular weight excluding hydrogens is 761 g/mol. The molecule has 2 aliphatic heterocycles. The van der Waals surface area contributed by atoms with Crippen LogP contribution in [0.4, 0.5) is 17.6 Å². The van der Waals surface area contributed by atoms with Gasteiger partial charge in [0.05, 0.1) is 26.4 Å². The maximum Gasteiger partial charge on any atom is 0.387 e. The van der Waals surface area contributed by atoms with E-state index in [0.717, 1.165) is 23.0 Å². The number of alkyl halides is 4. The third kappa shape index (κ3) is 17.1. The molecule has 0 spiro atoms. The van der Waals surface area contributed by atoms with Gasteiger partial charge in [-0.1, -0.05) is 147 Å². The fourth-order valence-electron chi connectivity index (χ4n) is 9.72. The highest BCUT2D eigenvalue weighted by atomic mass is 19.3. The molecule has 2 saturated carbocycles. The molecule has 6 nitrogen and oxygen atoms in total. The van der Waals surface area contributed by atoms with Crippen LogP contribution in [0, 0.1) is 35.5 Å². The molecule has 2 aromatic carbocycles. The van der Waals surface area contributed by atoms with Crippen molar-refractivity contribution in [2.24, 2.45) is 35.5 Å². The molecule has 2 heterocycles. The monoisotopic (exact) mass is 835 g/mol. The summed E-state index contributed by atoms with van der Waals surface area (Å²) < 4.78 is 81.7. The van der Waals surface area contributed by atoms with Crippen LogP contribution in [0.5, 0.6) is 11.5 Å². The first-order valence-corrected chi connectivity index (χ1v) is 23.4. The van der Waals surface area contributed by atoms with Crippen LogP contribution in [0.2, 0.25) is 0 Å². The molecule has 6 rings (SSSR count). The van der Waals surface area contributed by atoms with Crippen molar-refractivity contribution >= 4 is 0 Å². The van der Waals surface area contributed by atoms with Gasteiger partial charge in [-0.05, 0) is 73.6 Å². The molecule has 0 aromatic heterocycles. The third-order valence-electron chi connectivity index (χ3n) is 13.4. The summed E-state index contributed by atoms with van der Waals surface area (Å²) in [5.41, 5.74) is 1.69.